The number of nitrogens with zero attached hydrogens (tertiary/aromatic N) is 5. The summed E-state index contributed by atoms with van der Waals surface area (Å²) in [6.45, 7) is 7.77. The molecule has 2 aromatic rings. The summed E-state index contributed by atoms with van der Waals surface area (Å²) in [5.74, 6) is 0.518. The van der Waals surface area contributed by atoms with Crippen LogP contribution in [-0.4, -0.2) is 46.9 Å². The molecule has 1 N–H and O–H groups in total. The van der Waals surface area contributed by atoms with E-state index in [1.165, 1.54) is 16.8 Å². The molecule has 1 aliphatic heterocycles. The fraction of sp³-hybridized carbons (Fsp3) is 0.421. The van der Waals surface area contributed by atoms with Crippen molar-refractivity contribution >= 4 is 17.5 Å². The van der Waals surface area contributed by atoms with E-state index in [0.29, 0.717) is 31.9 Å². The van der Waals surface area contributed by atoms with Crippen LogP contribution >= 0.6 is 0 Å². The van der Waals surface area contributed by atoms with E-state index in [9.17, 15) is 4.79 Å². The van der Waals surface area contributed by atoms with E-state index in [-0.39, 0.29) is 6.03 Å². The number of anilines is 2. The zero-order chi connectivity index (χ0) is 18.5. The van der Waals surface area contributed by atoms with E-state index in [0.717, 1.165) is 13.1 Å². The average Bonchev–Trinajstić information content (AvgIpc) is 3.09. The Labute approximate surface area is 153 Å². The highest BCUT2D eigenvalue weighted by Crippen LogP contribution is 2.24. The third-order valence-electron chi connectivity index (χ3n) is 4.81. The summed E-state index contributed by atoms with van der Waals surface area (Å²) >= 11 is 0. The Balaban J connectivity index is 1.54. The van der Waals surface area contributed by atoms with Gasteiger partial charge in [0.1, 0.15) is 0 Å². The number of carbonyl (C=O) groups excluding carboxylic acids is 1. The number of carbonyl (C=O) groups is 1. The Morgan fingerprint density at radius 3 is 2.73 bits per heavy atom. The maximum absolute atomic E-state index is 12.4. The molecule has 0 saturated carbocycles. The van der Waals surface area contributed by atoms with Crippen molar-refractivity contribution in [1.29, 1.82) is 5.26 Å². The number of hydrogen-bond acceptors (Lipinski definition) is 4. The molecule has 2 amide bonds. The fourth-order valence-corrected chi connectivity index (χ4v) is 3.13. The van der Waals surface area contributed by atoms with Gasteiger partial charge in [-0.1, -0.05) is 12.1 Å². The molecule has 7 heteroatoms. The molecule has 0 bridgehead atoms. The minimum Gasteiger partial charge on any atom is -0.368 e. The maximum Gasteiger partial charge on any atom is 0.323 e. The van der Waals surface area contributed by atoms with Gasteiger partial charge in [-0.15, -0.1) is 0 Å². The summed E-state index contributed by atoms with van der Waals surface area (Å²) in [5.41, 5.74) is 3.84. The van der Waals surface area contributed by atoms with Crippen LogP contribution in [0.2, 0.25) is 0 Å². The minimum absolute atomic E-state index is 0.129. The van der Waals surface area contributed by atoms with Crippen molar-refractivity contribution in [2.24, 2.45) is 0 Å². The second-order valence-electron chi connectivity index (χ2n) is 6.50. The van der Waals surface area contributed by atoms with Gasteiger partial charge in [0.15, 0.2) is 5.82 Å². The third kappa shape index (κ3) is 3.97. The highest BCUT2D eigenvalue weighted by molar-refractivity contribution is 5.88. The van der Waals surface area contributed by atoms with E-state index in [2.05, 4.69) is 53.4 Å². The van der Waals surface area contributed by atoms with Crippen LogP contribution in [0.3, 0.4) is 0 Å². The molecule has 0 radical (unpaired) electrons. The lowest BCUT2D eigenvalue weighted by molar-refractivity contribution is 0.208. The van der Waals surface area contributed by atoms with Crippen LogP contribution < -0.4 is 10.2 Å². The number of nitriles is 1. The zero-order valence-electron chi connectivity index (χ0n) is 15.3. The summed E-state index contributed by atoms with van der Waals surface area (Å²) < 4.78 is 1.66. The van der Waals surface area contributed by atoms with Crippen molar-refractivity contribution in [2.45, 2.75) is 26.8 Å². The number of urea groups is 1. The molecule has 1 saturated heterocycles. The van der Waals surface area contributed by atoms with Gasteiger partial charge in [-0.2, -0.15) is 10.4 Å². The Hall–Kier alpha value is -3.01. The molecule has 0 unspecified atom stereocenters. The van der Waals surface area contributed by atoms with Crippen LogP contribution in [0.4, 0.5) is 16.3 Å². The molecule has 7 nitrogen and oxygen atoms in total. The summed E-state index contributed by atoms with van der Waals surface area (Å²) in [6, 6.07) is 10.1. The molecule has 2 heterocycles. The maximum atomic E-state index is 12.4. The smallest absolute Gasteiger partial charge is 0.323 e. The molecule has 3 rings (SSSR count). The topological polar surface area (TPSA) is 77.2 Å². The number of benzene rings is 1. The van der Waals surface area contributed by atoms with Gasteiger partial charge in [0.2, 0.25) is 0 Å². The third-order valence-corrected chi connectivity index (χ3v) is 4.81. The van der Waals surface area contributed by atoms with Crippen LogP contribution in [0.5, 0.6) is 0 Å². The monoisotopic (exact) mass is 352 g/mol. The van der Waals surface area contributed by atoms with Gasteiger partial charge in [0, 0.05) is 44.1 Å². The number of nitrogens with one attached hydrogen (secondary N) is 1. The van der Waals surface area contributed by atoms with E-state index in [1.807, 2.05) is 4.90 Å². The fourth-order valence-electron chi connectivity index (χ4n) is 3.13. The molecule has 1 fully saturated rings. The van der Waals surface area contributed by atoms with Gasteiger partial charge in [-0.3, -0.25) is 10.00 Å². The quantitative estimate of drug-likeness (QED) is 0.918. The molecule has 1 aliphatic rings. The van der Waals surface area contributed by atoms with Crippen molar-refractivity contribution in [2.75, 3.05) is 36.4 Å². The predicted octanol–water partition coefficient (Wildman–Crippen LogP) is 2.77. The van der Waals surface area contributed by atoms with Gasteiger partial charge in [0.05, 0.1) is 19.0 Å². The lowest BCUT2D eigenvalue weighted by Crippen LogP contribution is -2.50. The summed E-state index contributed by atoms with van der Waals surface area (Å²) in [4.78, 5) is 16.6. The van der Waals surface area contributed by atoms with Crippen LogP contribution in [0.25, 0.3) is 0 Å². The summed E-state index contributed by atoms with van der Waals surface area (Å²) in [7, 11) is 0. The molecule has 0 aliphatic carbocycles. The molecule has 0 atom stereocenters. The number of aryl methyl sites for hydroxylation is 2. The minimum atomic E-state index is -0.129. The first-order chi connectivity index (χ1) is 12.6. The van der Waals surface area contributed by atoms with Crippen molar-refractivity contribution in [3.63, 3.8) is 0 Å². The van der Waals surface area contributed by atoms with Crippen molar-refractivity contribution in [3.8, 4) is 6.07 Å². The first-order valence-electron chi connectivity index (χ1n) is 8.86. The second-order valence-corrected chi connectivity index (χ2v) is 6.50. The first-order valence-corrected chi connectivity index (χ1v) is 8.86. The van der Waals surface area contributed by atoms with Gasteiger partial charge in [0.25, 0.3) is 0 Å². The van der Waals surface area contributed by atoms with Gasteiger partial charge < -0.3 is 9.80 Å². The van der Waals surface area contributed by atoms with Crippen LogP contribution in [-0.2, 0) is 6.54 Å². The van der Waals surface area contributed by atoms with E-state index in [1.54, 1.807) is 16.9 Å². The summed E-state index contributed by atoms with van der Waals surface area (Å²) in [6.07, 6.45) is 2.17. The number of hydrogen-bond donors (Lipinski definition) is 1. The molecular formula is C19H24N6O. The van der Waals surface area contributed by atoms with Gasteiger partial charge >= 0.3 is 6.03 Å². The first kappa shape index (κ1) is 17.8. The molecule has 1 aromatic carbocycles. The van der Waals surface area contributed by atoms with Crippen molar-refractivity contribution in [1.82, 2.24) is 14.7 Å². The SMILES string of the molecule is Cc1cccc(N2CCN(C(=O)Nc3ccn(CCC#N)n3)CC2)c1C. The molecule has 1 aromatic heterocycles. The molecule has 26 heavy (non-hydrogen) atoms. The predicted molar refractivity (Wildman–Crippen MR) is 101 cm³/mol. The summed E-state index contributed by atoms with van der Waals surface area (Å²) in [5, 5.41) is 15.7. The second kappa shape index (κ2) is 7.91. The van der Waals surface area contributed by atoms with Crippen LogP contribution in [0.1, 0.15) is 17.5 Å². The van der Waals surface area contributed by atoms with Gasteiger partial charge in [-0.05, 0) is 31.0 Å². The number of amides is 2. The molecule has 136 valence electrons. The number of aromatic nitrogens is 2. The van der Waals surface area contributed by atoms with E-state index in [4.69, 9.17) is 5.26 Å². The highest BCUT2D eigenvalue weighted by atomic mass is 16.2. The Kier molecular flexibility index (Phi) is 5.42. The molecular weight excluding hydrogens is 328 g/mol. The highest BCUT2D eigenvalue weighted by Gasteiger charge is 2.22. The Morgan fingerprint density at radius 1 is 1.23 bits per heavy atom. The lowest BCUT2D eigenvalue weighted by atomic mass is 10.1. The van der Waals surface area contributed by atoms with Crippen molar-refractivity contribution in [3.05, 3.63) is 41.6 Å². The number of rotatable bonds is 4. The van der Waals surface area contributed by atoms with E-state index < -0.39 is 0 Å². The number of piperazine rings is 1. The van der Waals surface area contributed by atoms with Gasteiger partial charge in [-0.25, -0.2) is 4.79 Å². The lowest BCUT2D eigenvalue weighted by Gasteiger charge is -2.36. The molecule has 0 spiro atoms. The Bertz CT molecular complexity index is 814. The average molecular weight is 352 g/mol. The van der Waals surface area contributed by atoms with Crippen LogP contribution in [0, 0.1) is 25.2 Å². The zero-order valence-corrected chi connectivity index (χ0v) is 15.3. The van der Waals surface area contributed by atoms with Crippen molar-refractivity contribution < 1.29 is 4.79 Å². The largest absolute Gasteiger partial charge is 0.368 e. The van der Waals surface area contributed by atoms with Crippen LogP contribution in [0.15, 0.2) is 30.5 Å². The standard InChI is InChI=1S/C19H24N6O/c1-15-5-3-6-17(16(15)2)23-11-13-24(14-12-23)19(26)21-18-7-10-25(22-18)9-4-8-20/h3,5-7,10H,4,9,11-14H2,1-2H3,(H,21,22,26). The Morgan fingerprint density at radius 2 is 2.00 bits per heavy atom. The normalized spacial score (nSPS) is 14.2. The van der Waals surface area contributed by atoms with E-state index >= 15 is 0 Å².